The lowest BCUT2D eigenvalue weighted by Gasteiger charge is -2.32. The van der Waals surface area contributed by atoms with Gasteiger partial charge in [-0.2, -0.15) is 5.10 Å². The fraction of sp³-hybridized carbons (Fsp3) is 0.360. The quantitative estimate of drug-likeness (QED) is 0.597. The second kappa shape index (κ2) is 9.06. The molecule has 2 aliphatic heterocycles. The summed E-state index contributed by atoms with van der Waals surface area (Å²) in [5.74, 6) is 0.945. The van der Waals surface area contributed by atoms with Gasteiger partial charge in [-0.1, -0.05) is 23.7 Å². The molecule has 32 heavy (non-hydrogen) atoms. The minimum atomic E-state index is -0.0351. The van der Waals surface area contributed by atoms with Crippen LogP contribution >= 0.6 is 11.6 Å². The molecule has 0 aliphatic carbocycles. The van der Waals surface area contributed by atoms with Crippen LogP contribution in [0.5, 0.6) is 5.75 Å². The van der Waals surface area contributed by atoms with Crippen molar-refractivity contribution in [3.05, 3.63) is 80.6 Å². The van der Waals surface area contributed by atoms with Crippen LogP contribution in [0.4, 0.5) is 0 Å². The zero-order chi connectivity index (χ0) is 22.1. The lowest BCUT2D eigenvalue weighted by Crippen LogP contribution is -2.45. The summed E-state index contributed by atoms with van der Waals surface area (Å²) in [6.07, 6.45) is 0.905. The maximum Gasteiger partial charge on any atom is 0.271 e. The smallest absolute Gasteiger partial charge is 0.271 e. The molecule has 0 radical (unpaired) electrons. The average Bonchev–Trinajstić information content (AvgIpc) is 3.27. The number of nitrogens with zero attached hydrogens (tertiary/aromatic N) is 4. The Morgan fingerprint density at radius 3 is 2.56 bits per heavy atom. The monoisotopic (exact) mass is 450 g/mol. The molecule has 7 heteroatoms. The van der Waals surface area contributed by atoms with Crippen molar-refractivity contribution < 1.29 is 4.74 Å². The summed E-state index contributed by atoms with van der Waals surface area (Å²) in [4.78, 5) is 18.0. The van der Waals surface area contributed by atoms with E-state index in [4.69, 9.17) is 21.4 Å². The number of fused-ring (bicyclic) bond motifs is 1. The average molecular weight is 451 g/mol. The summed E-state index contributed by atoms with van der Waals surface area (Å²) < 4.78 is 7.25. The maximum absolute atomic E-state index is 13.4. The molecule has 3 heterocycles. The fourth-order valence-corrected chi connectivity index (χ4v) is 4.44. The summed E-state index contributed by atoms with van der Waals surface area (Å²) in [5, 5.41) is 5.43. The minimum Gasteiger partial charge on any atom is -0.493 e. The minimum absolute atomic E-state index is 0.0351. The summed E-state index contributed by atoms with van der Waals surface area (Å²) in [7, 11) is 2.14. The number of likely N-dealkylation sites (N-methyl/N-ethyl adjacent to an activating group) is 1. The summed E-state index contributed by atoms with van der Waals surface area (Å²) in [6, 6.07) is 15.7. The van der Waals surface area contributed by atoms with Gasteiger partial charge in [0.2, 0.25) is 0 Å². The molecule has 0 saturated carbocycles. The molecule has 0 unspecified atom stereocenters. The Hall–Kier alpha value is -2.67. The summed E-state index contributed by atoms with van der Waals surface area (Å²) >= 11 is 6.04. The van der Waals surface area contributed by atoms with Gasteiger partial charge in [-0.05, 0) is 54.6 Å². The Morgan fingerprint density at radius 2 is 1.78 bits per heavy atom. The van der Waals surface area contributed by atoms with Gasteiger partial charge in [0.25, 0.3) is 5.56 Å². The van der Waals surface area contributed by atoms with Crippen LogP contribution in [0.15, 0.2) is 53.3 Å². The lowest BCUT2D eigenvalue weighted by molar-refractivity contribution is 0.147. The third kappa shape index (κ3) is 4.58. The molecule has 2 aliphatic rings. The molecular weight excluding hydrogens is 424 g/mol. The molecular formula is C25H27ClN4O2. The van der Waals surface area contributed by atoms with E-state index in [9.17, 15) is 4.79 Å². The molecule has 0 amide bonds. The second-order valence-electron chi connectivity index (χ2n) is 8.64. The predicted octanol–water partition coefficient (Wildman–Crippen LogP) is 3.29. The highest BCUT2D eigenvalue weighted by atomic mass is 35.5. The van der Waals surface area contributed by atoms with Crippen LogP contribution in [0.2, 0.25) is 5.02 Å². The van der Waals surface area contributed by atoms with Crippen molar-refractivity contribution in [1.82, 2.24) is 19.6 Å². The first kappa shape index (κ1) is 21.2. The van der Waals surface area contributed by atoms with E-state index in [1.807, 2.05) is 42.5 Å². The van der Waals surface area contributed by atoms with Gasteiger partial charge < -0.3 is 9.64 Å². The molecule has 2 aromatic carbocycles. The number of hydrogen-bond donors (Lipinski definition) is 0. The van der Waals surface area contributed by atoms with Crippen LogP contribution in [0.3, 0.4) is 0 Å². The van der Waals surface area contributed by atoms with E-state index in [0.717, 1.165) is 67.3 Å². The third-order valence-electron chi connectivity index (χ3n) is 6.27. The summed E-state index contributed by atoms with van der Waals surface area (Å²) in [6.45, 7) is 5.72. The maximum atomic E-state index is 13.4. The van der Waals surface area contributed by atoms with Crippen LogP contribution < -0.4 is 10.3 Å². The number of aromatic nitrogens is 2. The SMILES string of the molecule is CN1CCN(Cc2cc(-c3ccc4c(c3)CCO4)nn(Cc3ccc(Cl)cc3)c2=O)CC1. The molecule has 6 nitrogen and oxygen atoms in total. The van der Waals surface area contributed by atoms with Gasteiger partial charge in [-0.3, -0.25) is 9.69 Å². The number of halogens is 1. The van der Waals surface area contributed by atoms with Crippen molar-refractivity contribution in [3.63, 3.8) is 0 Å². The number of piperazine rings is 1. The van der Waals surface area contributed by atoms with Crippen LogP contribution in [0, 0.1) is 0 Å². The number of ether oxygens (including phenoxy) is 1. The number of hydrogen-bond acceptors (Lipinski definition) is 5. The molecule has 5 rings (SSSR count). The normalized spacial score (nSPS) is 16.7. The van der Waals surface area contributed by atoms with Gasteiger partial charge in [-0.15, -0.1) is 0 Å². The summed E-state index contributed by atoms with van der Waals surface area (Å²) in [5.41, 5.74) is 4.77. The lowest BCUT2D eigenvalue weighted by atomic mass is 10.0. The largest absolute Gasteiger partial charge is 0.493 e. The Bertz CT molecular complexity index is 1170. The van der Waals surface area contributed by atoms with E-state index in [-0.39, 0.29) is 5.56 Å². The Morgan fingerprint density at radius 1 is 1.00 bits per heavy atom. The molecule has 1 fully saturated rings. The standard InChI is InChI=1S/C25H27ClN4O2/c1-28-9-11-29(12-10-28)17-21-15-23(19-4-7-24-20(14-19)8-13-32-24)27-30(25(21)31)16-18-2-5-22(26)6-3-18/h2-7,14-15H,8-13,16-17H2,1H3. The zero-order valence-corrected chi connectivity index (χ0v) is 19.0. The predicted molar refractivity (Wildman–Crippen MR) is 126 cm³/mol. The Kier molecular flexibility index (Phi) is 6.00. The van der Waals surface area contributed by atoms with Crippen LogP contribution in [-0.2, 0) is 19.5 Å². The molecule has 0 bridgehead atoms. The molecule has 1 saturated heterocycles. The van der Waals surface area contributed by atoms with Gasteiger partial charge in [-0.25, -0.2) is 4.68 Å². The van der Waals surface area contributed by atoms with Gasteiger partial charge >= 0.3 is 0 Å². The van der Waals surface area contributed by atoms with Crippen molar-refractivity contribution >= 4 is 11.6 Å². The van der Waals surface area contributed by atoms with Gasteiger partial charge in [0.1, 0.15) is 5.75 Å². The molecule has 166 valence electrons. The van der Waals surface area contributed by atoms with E-state index in [1.54, 1.807) is 4.68 Å². The first-order valence-electron chi connectivity index (χ1n) is 11.1. The zero-order valence-electron chi connectivity index (χ0n) is 18.3. The fourth-order valence-electron chi connectivity index (χ4n) is 4.31. The van der Waals surface area contributed by atoms with Crippen LogP contribution in [0.1, 0.15) is 16.7 Å². The highest BCUT2D eigenvalue weighted by Gasteiger charge is 2.19. The Balaban J connectivity index is 1.52. The van der Waals surface area contributed by atoms with Crippen molar-refractivity contribution in [2.24, 2.45) is 0 Å². The van der Waals surface area contributed by atoms with Gasteiger partial charge in [0.15, 0.2) is 0 Å². The van der Waals surface area contributed by atoms with E-state index < -0.39 is 0 Å². The van der Waals surface area contributed by atoms with Crippen molar-refractivity contribution in [1.29, 1.82) is 0 Å². The first-order valence-corrected chi connectivity index (χ1v) is 11.5. The highest BCUT2D eigenvalue weighted by molar-refractivity contribution is 6.30. The molecule has 0 N–H and O–H groups in total. The van der Waals surface area contributed by atoms with E-state index in [1.165, 1.54) is 5.56 Å². The first-order chi connectivity index (χ1) is 15.5. The highest BCUT2D eigenvalue weighted by Crippen LogP contribution is 2.30. The molecule has 3 aromatic rings. The van der Waals surface area contributed by atoms with Gasteiger partial charge in [0, 0.05) is 55.3 Å². The van der Waals surface area contributed by atoms with Crippen LogP contribution in [0.25, 0.3) is 11.3 Å². The molecule has 0 atom stereocenters. The number of rotatable bonds is 5. The Labute approximate surface area is 193 Å². The van der Waals surface area contributed by atoms with Crippen molar-refractivity contribution in [2.45, 2.75) is 19.5 Å². The van der Waals surface area contributed by atoms with Gasteiger partial charge in [0.05, 0.1) is 18.8 Å². The van der Waals surface area contributed by atoms with Crippen molar-refractivity contribution in [3.8, 4) is 17.0 Å². The molecule has 1 aromatic heterocycles. The second-order valence-corrected chi connectivity index (χ2v) is 9.08. The van der Waals surface area contributed by atoms with Crippen LogP contribution in [-0.4, -0.2) is 59.4 Å². The van der Waals surface area contributed by atoms with E-state index in [2.05, 4.69) is 22.9 Å². The topological polar surface area (TPSA) is 50.6 Å². The number of benzene rings is 2. The van der Waals surface area contributed by atoms with E-state index in [0.29, 0.717) is 18.1 Å². The molecule has 0 spiro atoms. The van der Waals surface area contributed by atoms with E-state index >= 15 is 0 Å². The third-order valence-corrected chi connectivity index (χ3v) is 6.52. The van der Waals surface area contributed by atoms with Crippen molar-refractivity contribution in [2.75, 3.05) is 39.8 Å².